The number of hydrogen-bond donors (Lipinski definition) is 3. The molecular formula is C12H22N2O5. The number of carbonyl (C=O) groups is 3. The Balaban J connectivity index is 4.37. The van der Waals surface area contributed by atoms with E-state index in [-0.39, 0.29) is 18.8 Å². The highest BCUT2D eigenvalue weighted by Gasteiger charge is 2.24. The topological polar surface area (TPSA) is 119 Å². The average Bonchev–Trinajstić information content (AvgIpc) is 2.32. The van der Waals surface area contributed by atoms with Gasteiger partial charge in [-0.1, -0.05) is 13.8 Å². The predicted octanol–water partition coefficient (Wildman–Crippen LogP) is -0.118. The van der Waals surface area contributed by atoms with E-state index in [1.807, 2.05) is 13.8 Å². The zero-order valence-electron chi connectivity index (χ0n) is 11.5. The molecule has 7 heteroatoms. The Labute approximate surface area is 112 Å². The summed E-state index contributed by atoms with van der Waals surface area (Å²) in [6.07, 6.45) is 0.366. The third-order valence-corrected chi connectivity index (χ3v) is 2.54. The van der Waals surface area contributed by atoms with Crippen molar-refractivity contribution in [1.82, 2.24) is 5.32 Å². The van der Waals surface area contributed by atoms with Gasteiger partial charge in [0.2, 0.25) is 5.91 Å². The summed E-state index contributed by atoms with van der Waals surface area (Å²) in [6.45, 7) is 3.83. The van der Waals surface area contributed by atoms with Crippen molar-refractivity contribution in [2.24, 2.45) is 11.7 Å². The van der Waals surface area contributed by atoms with Gasteiger partial charge in [-0.2, -0.15) is 0 Å². The van der Waals surface area contributed by atoms with Gasteiger partial charge in [-0.05, 0) is 18.8 Å². The number of hydrogen-bond acceptors (Lipinski definition) is 5. The Bertz CT molecular complexity index is 330. The summed E-state index contributed by atoms with van der Waals surface area (Å²) >= 11 is 0. The zero-order chi connectivity index (χ0) is 15.0. The zero-order valence-corrected chi connectivity index (χ0v) is 11.5. The Hall–Kier alpha value is -1.63. The fraction of sp³-hybridized carbons (Fsp3) is 0.750. The number of rotatable bonds is 8. The lowest BCUT2D eigenvalue weighted by atomic mass is 10.0. The van der Waals surface area contributed by atoms with E-state index >= 15 is 0 Å². The SMILES string of the molecule is COC(=O)CC[C@@H](NC(=O)C(N)CC(C)C)C(=O)O. The second-order valence-corrected chi connectivity index (χ2v) is 4.75. The number of aliphatic carboxylic acids is 1. The molecular weight excluding hydrogens is 252 g/mol. The Morgan fingerprint density at radius 3 is 2.32 bits per heavy atom. The van der Waals surface area contributed by atoms with E-state index in [4.69, 9.17) is 10.8 Å². The van der Waals surface area contributed by atoms with Crippen LogP contribution in [-0.4, -0.2) is 42.1 Å². The average molecular weight is 274 g/mol. The molecule has 0 saturated heterocycles. The van der Waals surface area contributed by atoms with E-state index in [9.17, 15) is 14.4 Å². The molecule has 0 rings (SSSR count). The number of carboxylic acid groups (broad SMARTS) is 1. The van der Waals surface area contributed by atoms with Crippen LogP contribution in [0.3, 0.4) is 0 Å². The summed E-state index contributed by atoms with van der Waals surface area (Å²) in [5.41, 5.74) is 5.65. The molecule has 2 atom stereocenters. The van der Waals surface area contributed by atoms with Crippen LogP contribution in [0, 0.1) is 5.92 Å². The number of carboxylic acids is 1. The summed E-state index contributed by atoms with van der Waals surface area (Å²) in [7, 11) is 1.22. The van der Waals surface area contributed by atoms with Gasteiger partial charge in [-0.3, -0.25) is 9.59 Å². The summed E-state index contributed by atoms with van der Waals surface area (Å²) in [4.78, 5) is 33.6. The third kappa shape index (κ3) is 7.40. The van der Waals surface area contributed by atoms with Gasteiger partial charge in [0.1, 0.15) is 6.04 Å². The molecule has 7 nitrogen and oxygen atoms in total. The molecule has 110 valence electrons. The first-order valence-corrected chi connectivity index (χ1v) is 6.13. The third-order valence-electron chi connectivity index (χ3n) is 2.54. The molecule has 4 N–H and O–H groups in total. The van der Waals surface area contributed by atoms with Crippen LogP contribution in [0.1, 0.15) is 33.1 Å². The van der Waals surface area contributed by atoms with Crippen LogP contribution in [0.5, 0.6) is 0 Å². The van der Waals surface area contributed by atoms with Crippen LogP contribution in [-0.2, 0) is 19.1 Å². The Morgan fingerprint density at radius 1 is 1.32 bits per heavy atom. The molecule has 0 aromatic rings. The quantitative estimate of drug-likeness (QED) is 0.531. The fourth-order valence-electron chi connectivity index (χ4n) is 1.52. The smallest absolute Gasteiger partial charge is 0.326 e. The second kappa shape index (κ2) is 8.47. The minimum absolute atomic E-state index is 0.0256. The van der Waals surface area contributed by atoms with Crippen LogP contribution < -0.4 is 11.1 Å². The van der Waals surface area contributed by atoms with Crippen molar-refractivity contribution in [2.75, 3.05) is 7.11 Å². The van der Waals surface area contributed by atoms with Gasteiger partial charge in [0.05, 0.1) is 13.2 Å². The first-order chi connectivity index (χ1) is 8.77. The normalized spacial score (nSPS) is 13.7. The van der Waals surface area contributed by atoms with E-state index < -0.39 is 29.9 Å². The summed E-state index contributed by atoms with van der Waals surface area (Å²) in [5, 5.41) is 11.3. The van der Waals surface area contributed by atoms with Crippen LogP contribution in [0.15, 0.2) is 0 Å². The summed E-state index contributed by atoms with van der Waals surface area (Å²) in [6, 6.07) is -1.88. The van der Waals surface area contributed by atoms with Crippen molar-refractivity contribution in [3.8, 4) is 0 Å². The molecule has 0 fully saturated rings. The molecule has 1 unspecified atom stereocenters. The summed E-state index contributed by atoms with van der Waals surface area (Å²) < 4.78 is 4.42. The number of methoxy groups -OCH3 is 1. The molecule has 0 aliphatic heterocycles. The van der Waals surface area contributed by atoms with E-state index in [0.29, 0.717) is 6.42 Å². The van der Waals surface area contributed by atoms with E-state index in [0.717, 1.165) is 0 Å². The first kappa shape index (κ1) is 17.4. The van der Waals surface area contributed by atoms with Gasteiger partial charge in [0, 0.05) is 6.42 Å². The van der Waals surface area contributed by atoms with Crippen molar-refractivity contribution >= 4 is 17.8 Å². The molecule has 0 aromatic carbocycles. The first-order valence-electron chi connectivity index (χ1n) is 6.13. The van der Waals surface area contributed by atoms with Crippen molar-refractivity contribution in [3.05, 3.63) is 0 Å². The number of nitrogens with one attached hydrogen (secondary N) is 1. The number of amides is 1. The van der Waals surface area contributed by atoms with Crippen molar-refractivity contribution in [1.29, 1.82) is 0 Å². The minimum Gasteiger partial charge on any atom is -0.480 e. The molecule has 19 heavy (non-hydrogen) atoms. The summed E-state index contributed by atoms with van der Waals surface area (Å²) in [5.74, 6) is -2.01. The highest BCUT2D eigenvalue weighted by molar-refractivity contribution is 5.87. The maximum absolute atomic E-state index is 11.7. The van der Waals surface area contributed by atoms with E-state index in [1.165, 1.54) is 7.11 Å². The van der Waals surface area contributed by atoms with Crippen LogP contribution in [0.2, 0.25) is 0 Å². The standard InChI is InChI=1S/C12H22N2O5/c1-7(2)6-8(13)11(16)14-9(12(17)18)4-5-10(15)19-3/h7-9H,4-6,13H2,1-3H3,(H,14,16)(H,17,18)/t8?,9-/m1/s1. The molecule has 0 aliphatic carbocycles. The van der Waals surface area contributed by atoms with Gasteiger partial charge in [0.15, 0.2) is 0 Å². The molecule has 0 spiro atoms. The second-order valence-electron chi connectivity index (χ2n) is 4.75. The lowest BCUT2D eigenvalue weighted by molar-refractivity contribution is -0.144. The Morgan fingerprint density at radius 2 is 1.89 bits per heavy atom. The van der Waals surface area contributed by atoms with Crippen LogP contribution in [0.4, 0.5) is 0 Å². The van der Waals surface area contributed by atoms with Gasteiger partial charge in [-0.15, -0.1) is 0 Å². The van der Waals surface area contributed by atoms with Crippen LogP contribution >= 0.6 is 0 Å². The maximum atomic E-state index is 11.7. The largest absolute Gasteiger partial charge is 0.480 e. The molecule has 0 aliphatic rings. The van der Waals surface area contributed by atoms with Crippen molar-refractivity contribution in [3.63, 3.8) is 0 Å². The molecule has 0 bridgehead atoms. The number of esters is 1. The monoisotopic (exact) mass is 274 g/mol. The molecule has 0 heterocycles. The maximum Gasteiger partial charge on any atom is 0.326 e. The molecule has 1 amide bonds. The van der Waals surface area contributed by atoms with Gasteiger partial charge >= 0.3 is 11.9 Å². The van der Waals surface area contributed by atoms with Gasteiger partial charge < -0.3 is 20.9 Å². The lowest BCUT2D eigenvalue weighted by Gasteiger charge is -2.18. The highest BCUT2D eigenvalue weighted by atomic mass is 16.5. The van der Waals surface area contributed by atoms with Crippen molar-refractivity contribution < 1.29 is 24.2 Å². The predicted molar refractivity (Wildman–Crippen MR) is 68.2 cm³/mol. The number of nitrogens with two attached hydrogens (primary N) is 1. The van der Waals surface area contributed by atoms with E-state index in [2.05, 4.69) is 10.1 Å². The molecule has 0 saturated carbocycles. The molecule has 0 aromatic heterocycles. The minimum atomic E-state index is -1.20. The van der Waals surface area contributed by atoms with Crippen LogP contribution in [0.25, 0.3) is 0 Å². The molecule has 0 radical (unpaired) electrons. The fourth-order valence-corrected chi connectivity index (χ4v) is 1.52. The lowest BCUT2D eigenvalue weighted by Crippen LogP contribution is -2.48. The van der Waals surface area contributed by atoms with Crippen molar-refractivity contribution in [2.45, 2.75) is 45.2 Å². The Kier molecular flexibility index (Phi) is 7.74. The van der Waals surface area contributed by atoms with Gasteiger partial charge in [0.25, 0.3) is 0 Å². The van der Waals surface area contributed by atoms with E-state index in [1.54, 1.807) is 0 Å². The highest BCUT2D eigenvalue weighted by Crippen LogP contribution is 2.05. The number of carbonyl (C=O) groups excluding carboxylic acids is 2. The number of ether oxygens (including phenoxy) is 1. The van der Waals surface area contributed by atoms with Gasteiger partial charge in [-0.25, -0.2) is 4.79 Å².